The number of hydrogen-bond acceptors (Lipinski definition) is 3. The summed E-state index contributed by atoms with van der Waals surface area (Å²) in [5.41, 5.74) is 7.83. The van der Waals surface area contributed by atoms with Crippen LogP contribution in [0.2, 0.25) is 5.02 Å². The quantitative estimate of drug-likeness (QED) is 0.780. The van der Waals surface area contributed by atoms with Crippen LogP contribution in [0.25, 0.3) is 0 Å². The summed E-state index contributed by atoms with van der Waals surface area (Å²) in [5, 5.41) is 0.354. The maximum atomic E-state index is 13.3. The number of piperidine rings is 1. The zero-order chi connectivity index (χ0) is 19.1. The Morgan fingerprint density at radius 3 is 2.41 bits per heavy atom. The van der Waals surface area contributed by atoms with Crippen LogP contribution in [-0.2, 0) is 0 Å². The third kappa shape index (κ3) is 3.25. The number of nitrogens with two attached hydrogens (primary N) is 1. The fourth-order valence-corrected chi connectivity index (χ4v) is 4.72. The molecule has 2 aromatic carbocycles. The highest BCUT2D eigenvalue weighted by Crippen LogP contribution is 2.44. The van der Waals surface area contributed by atoms with Crippen LogP contribution >= 0.6 is 11.6 Å². The first kappa shape index (κ1) is 18.1. The SMILES string of the molecule is COc1cc(N)c(Cl)cc1C(=O)N1[C@@H]2CC[C@@H]1CC(c1ccc(F)cc1)C2. The second-order valence-corrected chi connectivity index (χ2v) is 7.80. The van der Waals surface area contributed by atoms with Crippen LogP contribution in [0.1, 0.15) is 47.5 Å². The van der Waals surface area contributed by atoms with Gasteiger partial charge in [-0.05, 0) is 55.4 Å². The van der Waals surface area contributed by atoms with Gasteiger partial charge in [-0.15, -0.1) is 0 Å². The summed E-state index contributed by atoms with van der Waals surface area (Å²) in [4.78, 5) is 15.3. The highest BCUT2D eigenvalue weighted by Gasteiger charge is 2.44. The summed E-state index contributed by atoms with van der Waals surface area (Å²) in [6.45, 7) is 0. The second-order valence-electron chi connectivity index (χ2n) is 7.39. The third-order valence-electron chi connectivity index (χ3n) is 5.86. The molecule has 0 saturated carbocycles. The first-order valence-corrected chi connectivity index (χ1v) is 9.57. The van der Waals surface area contributed by atoms with E-state index in [1.165, 1.54) is 19.2 Å². The molecule has 0 unspecified atom stereocenters. The Morgan fingerprint density at radius 1 is 1.19 bits per heavy atom. The minimum atomic E-state index is -0.221. The molecule has 2 aliphatic rings. The molecule has 2 aromatic rings. The number of ether oxygens (including phenoxy) is 1. The molecule has 2 aliphatic heterocycles. The van der Waals surface area contributed by atoms with E-state index in [0.717, 1.165) is 31.2 Å². The number of nitrogens with zero attached hydrogens (tertiary/aromatic N) is 1. The van der Waals surface area contributed by atoms with Gasteiger partial charge in [0.25, 0.3) is 5.91 Å². The van der Waals surface area contributed by atoms with E-state index in [9.17, 15) is 9.18 Å². The summed E-state index contributed by atoms with van der Waals surface area (Å²) >= 11 is 6.15. The molecule has 2 N–H and O–H groups in total. The number of halogens is 2. The predicted octanol–water partition coefficient (Wildman–Crippen LogP) is 4.62. The van der Waals surface area contributed by atoms with Crippen molar-refractivity contribution in [2.24, 2.45) is 0 Å². The summed E-state index contributed by atoms with van der Waals surface area (Å²) in [7, 11) is 1.52. The number of hydrogen-bond donors (Lipinski definition) is 1. The van der Waals surface area contributed by atoms with Gasteiger partial charge in [-0.2, -0.15) is 0 Å². The number of benzene rings is 2. The topological polar surface area (TPSA) is 55.6 Å². The monoisotopic (exact) mass is 388 g/mol. The molecular formula is C21H22ClFN2O2. The Morgan fingerprint density at radius 2 is 1.81 bits per heavy atom. The Bertz CT molecular complexity index is 857. The van der Waals surface area contributed by atoms with E-state index < -0.39 is 0 Å². The van der Waals surface area contributed by atoms with Gasteiger partial charge in [0.05, 0.1) is 23.4 Å². The highest BCUT2D eigenvalue weighted by atomic mass is 35.5. The minimum Gasteiger partial charge on any atom is -0.496 e. The highest BCUT2D eigenvalue weighted by molar-refractivity contribution is 6.33. The molecule has 0 spiro atoms. The van der Waals surface area contributed by atoms with Crippen molar-refractivity contribution in [3.63, 3.8) is 0 Å². The Balaban J connectivity index is 1.59. The molecule has 4 rings (SSSR count). The molecule has 2 bridgehead atoms. The largest absolute Gasteiger partial charge is 0.496 e. The maximum absolute atomic E-state index is 13.3. The number of anilines is 1. The maximum Gasteiger partial charge on any atom is 0.258 e. The van der Waals surface area contributed by atoms with Gasteiger partial charge in [0, 0.05) is 18.2 Å². The first-order chi connectivity index (χ1) is 13.0. The van der Waals surface area contributed by atoms with Crippen LogP contribution in [-0.4, -0.2) is 30.0 Å². The first-order valence-electron chi connectivity index (χ1n) is 9.19. The van der Waals surface area contributed by atoms with Gasteiger partial charge in [0.15, 0.2) is 0 Å². The number of carbonyl (C=O) groups excluding carboxylic acids is 1. The standard InChI is InChI=1S/C21H22ClFN2O2/c1-27-20-11-19(24)18(22)10-17(20)21(26)25-15-6-7-16(25)9-13(8-15)12-2-4-14(23)5-3-12/h2-5,10-11,13,15-16H,6-9,24H2,1H3/t15-,16-/m1/s1. The molecule has 4 nitrogen and oxygen atoms in total. The normalized spacial score (nSPS) is 24.1. The van der Waals surface area contributed by atoms with Crippen molar-refractivity contribution in [1.29, 1.82) is 0 Å². The summed E-state index contributed by atoms with van der Waals surface area (Å²) in [6, 6.07) is 10.3. The zero-order valence-electron chi connectivity index (χ0n) is 15.1. The van der Waals surface area contributed by atoms with Gasteiger partial charge in [-0.1, -0.05) is 23.7 Å². The van der Waals surface area contributed by atoms with Gasteiger partial charge in [-0.25, -0.2) is 4.39 Å². The lowest BCUT2D eigenvalue weighted by atomic mass is 9.84. The average molecular weight is 389 g/mol. The van der Waals surface area contributed by atoms with E-state index in [4.69, 9.17) is 22.1 Å². The fraction of sp³-hybridized carbons (Fsp3) is 0.381. The van der Waals surface area contributed by atoms with Gasteiger partial charge in [-0.3, -0.25) is 4.79 Å². The minimum absolute atomic E-state index is 0.0567. The van der Waals surface area contributed by atoms with E-state index in [0.29, 0.717) is 27.9 Å². The van der Waals surface area contributed by atoms with Crippen LogP contribution < -0.4 is 10.5 Å². The lowest BCUT2D eigenvalue weighted by Crippen LogP contribution is -2.46. The lowest BCUT2D eigenvalue weighted by molar-refractivity contribution is 0.0568. The Kier molecular flexibility index (Phi) is 4.72. The number of carbonyl (C=O) groups is 1. The molecule has 1 amide bonds. The summed E-state index contributed by atoms with van der Waals surface area (Å²) < 4.78 is 18.6. The molecule has 6 heteroatoms. The molecule has 2 heterocycles. The molecule has 2 fully saturated rings. The molecule has 0 aromatic heterocycles. The van der Waals surface area contributed by atoms with Crippen LogP contribution in [0.15, 0.2) is 36.4 Å². The molecule has 2 atom stereocenters. The van der Waals surface area contributed by atoms with Crippen molar-refractivity contribution in [3.8, 4) is 5.75 Å². The van der Waals surface area contributed by atoms with E-state index in [2.05, 4.69) is 0 Å². The summed E-state index contributed by atoms with van der Waals surface area (Å²) in [6.07, 6.45) is 3.75. The number of methoxy groups -OCH3 is 1. The molecular weight excluding hydrogens is 367 g/mol. The van der Waals surface area contributed by atoms with E-state index >= 15 is 0 Å². The number of rotatable bonds is 3. The molecule has 142 valence electrons. The zero-order valence-corrected chi connectivity index (χ0v) is 15.9. The van der Waals surface area contributed by atoms with Crippen LogP contribution in [0.3, 0.4) is 0 Å². The van der Waals surface area contributed by atoms with Crippen molar-refractivity contribution in [2.45, 2.75) is 43.7 Å². The number of amides is 1. The van der Waals surface area contributed by atoms with Crippen molar-refractivity contribution in [1.82, 2.24) is 4.90 Å². The fourth-order valence-electron chi connectivity index (χ4n) is 4.56. The van der Waals surface area contributed by atoms with E-state index in [-0.39, 0.29) is 23.8 Å². The molecule has 0 aliphatic carbocycles. The van der Waals surface area contributed by atoms with Crippen LogP contribution in [0.4, 0.5) is 10.1 Å². The van der Waals surface area contributed by atoms with E-state index in [1.54, 1.807) is 12.1 Å². The smallest absolute Gasteiger partial charge is 0.258 e. The second kappa shape index (κ2) is 7.04. The van der Waals surface area contributed by atoms with Crippen LogP contribution in [0, 0.1) is 5.82 Å². The van der Waals surface area contributed by atoms with Crippen molar-refractivity contribution >= 4 is 23.2 Å². The average Bonchev–Trinajstić information content (AvgIpc) is 2.93. The van der Waals surface area contributed by atoms with Gasteiger partial charge in [0.2, 0.25) is 0 Å². The number of fused-ring (bicyclic) bond motifs is 2. The Hall–Kier alpha value is -2.27. The third-order valence-corrected chi connectivity index (χ3v) is 6.19. The number of nitrogen functional groups attached to an aromatic ring is 1. The predicted molar refractivity (Wildman–Crippen MR) is 104 cm³/mol. The van der Waals surface area contributed by atoms with Gasteiger partial charge < -0.3 is 15.4 Å². The lowest BCUT2D eigenvalue weighted by Gasteiger charge is -2.39. The van der Waals surface area contributed by atoms with Gasteiger partial charge >= 0.3 is 0 Å². The summed E-state index contributed by atoms with van der Waals surface area (Å²) in [5.74, 6) is 0.520. The van der Waals surface area contributed by atoms with Gasteiger partial charge in [0.1, 0.15) is 11.6 Å². The Labute approximate surface area is 163 Å². The van der Waals surface area contributed by atoms with Crippen LogP contribution in [0.5, 0.6) is 5.75 Å². The molecule has 2 saturated heterocycles. The molecule has 27 heavy (non-hydrogen) atoms. The molecule has 0 radical (unpaired) electrons. The van der Waals surface area contributed by atoms with Crippen molar-refractivity contribution < 1.29 is 13.9 Å². The van der Waals surface area contributed by atoms with Crippen molar-refractivity contribution in [3.05, 3.63) is 58.4 Å². The van der Waals surface area contributed by atoms with E-state index in [1.807, 2.05) is 17.0 Å². The van der Waals surface area contributed by atoms with Crippen molar-refractivity contribution in [2.75, 3.05) is 12.8 Å².